The number of ether oxygens (including phenoxy) is 1. The third-order valence-electron chi connectivity index (χ3n) is 4.74. The Morgan fingerprint density at radius 2 is 1.88 bits per heavy atom. The maximum Gasteiger partial charge on any atom is 0.244 e. The monoisotopic (exact) mass is 352 g/mol. The SMILES string of the molecule is Cc1ccc(C)c(S(=O)(=O)N2CCC[C@H]2C(=O)N2CCOCC2)c1. The van der Waals surface area contributed by atoms with Gasteiger partial charge < -0.3 is 9.64 Å². The minimum atomic E-state index is -3.67. The summed E-state index contributed by atoms with van der Waals surface area (Å²) in [7, 11) is -3.67. The van der Waals surface area contributed by atoms with Crippen LogP contribution in [0.4, 0.5) is 0 Å². The second-order valence-corrected chi connectivity index (χ2v) is 8.34. The fourth-order valence-electron chi connectivity index (χ4n) is 3.38. The molecule has 2 saturated heterocycles. The fourth-order valence-corrected chi connectivity index (χ4v) is 5.34. The number of rotatable bonds is 3. The molecule has 0 bridgehead atoms. The summed E-state index contributed by atoms with van der Waals surface area (Å²) >= 11 is 0. The van der Waals surface area contributed by atoms with Crippen LogP contribution in [0.2, 0.25) is 0 Å². The van der Waals surface area contributed by atoms with Crippen LogP contribution >= 0.6 is 0 Å². The van der Waals surface area contributed by atoms with Gasteiger partial charge in [0.15, 0.2) is 0 Å². The van der Waals surface area contributed by atoms with Crippen molar-refractivity contribution in [1.29, 1.82) is 0 Å². The van der Waals surface area contributed by atoms with Crippen molar-refractivity contribution in [3.8, 4) is 0 Å². The van der Waals surface area contributed by atoms with Crippen molar-refractivity contribution in [3.63, 3.8) is 0 Å². The molecule has 1 aromatic rings. The lowest BCUT2D eigenvalue weighted by Gasteiger charge is -2.32. The highest BCUT2D eigenvalue weighted by Crippen LogP contribution is 2.29. The molecule has 3 rings (SSSR count). The predicted octanol–water partition coefficient (Wildman–Crippen LogP) is 1.32. The van der Waals surface area contributed by atoms with Gasteiger partial charge in [-0.3, -0.25) is 4.79 Å². The van der Waals surface area contributed by atoms with Crippen LogP contribution in [0.25, 0.3) is 0 Å². The van der Waals surface area contributed by atoms with Gasteiger partial charge in [0, 0.05) is 19.6 Å². The number of hydrogen-bond acceptors (Lipinski definition) is 4. The first-order valence-electron chi connectivity index (χ1n) is 8.37. The second-order valence-electron chi connectivity index (χ2n) is 6.48. The van der Waals surface area contributed by atoms with E-state index in [1.165, 1.54) is 4.31 Å². The Hall–Kier alpha value is -1.44. The summed E-state index contributed by atoms with van der Waals surface area (Å²) in [5.74, 6) is -0.0929. The van der Waals surface area contributed by atoms with Crippen molar-refractivity contribution < 1.29 is 17.9 Å². The summed E-state index contributed by atoms with van der Waals surface area (Å²) in [4.78, 5) is 14.8. The van der Waals surface area contributed by atoms with Crippen molar-refractivity contribution >= 4 is 15.9 Å². The van der Waals surface area contributed by atoms with Crippen LogP contribution in [0.15, 0.2) is 23.1 Å². The van der Waals surface area contributed by atoms with Crippen LogP contribution in [-0.2, 0) is 19.6 Å². The van der Waals surface area contributed by atoms with Crippen LogP contribution < -0.4 is 0 Å². The number of sulfonamides is 1. The van der Waals surface area contributed by atoms with E-state index in [0.717, 1.165) is 5.56 Å². The molecule has 1 atom stereocenters. The van der Waals surface area contributed by atoms with Crippen molar-refractivity contribution in [3.05, 3.63) is 29.3 Å². The van der Waals surface area contributed by atoms with Gasteiger partial charge in [0.1, 0.15) is 6.04 Å². The molecular formula is C17H24N2O4S. The van der Waals surface area contributed by atoms with Gasteiger partial charge in [-0.05, 0) is 43.9 Å². The van der Waals surface area contributed by atoms with Gasteiger partial charge in [-0.25, -0.2) is 8.42 Å². The van der Waals surface area contributed by atoms with E-state index in [1.807, 2.05) is 19.1 Å². The normalized spacial score (nSPS) is 22.8. The van der Waals surface area contributed by atoms with Crippen LogP contribution in [0.5, 0.6) is 0 Å². The molecule has 0 unspecified atom stereocenters. The third-order valence-corrected chi connectivity index (χ3v) is 6.79. The van der Waals surface area contributed by atoms with Gasteiger partial charge in [-0.1, -0.05) is 12.1 Å². The molecule has 24 heavy (non-hydrogen) atoms. The summed E-state index contributed by atoms with van der Waals surface area (Å²) < 4.78 is 32.9. The lowest BCUT2D eigenvalue weighted by atomic mass is 10.2. The van der Waals surface area contributed by atoms with Crippen LogP contribution in [-0.4, -0.2) is 62.4 Å². The highest BCUT2D eigenvalue weighted by Gasteiger charge is 2.41. The van der Waals surface area contributed by atoms with E-state index in [0.29, 0.717) is 56.1 Å². The van der Waals surface area contributed by atoms with E-state index in [-0.39, 0.29) is 5.91 Å². The molecule has 0 N–H and O–H groups in total. The molecule has 7 heteroatoms. The largest absolute Gasteiger partial charge is 0.378 e. The summed E-state index contributed by atoms with van der Waals surface area (Å²) in [5, 5.41) is 0. The highest BCUT2D eigenvalue weighted by molar-refractivity contribution is 7.89. The number of aryl methyl sites for hydroxylation is 2. The van der Waals surface area contributed by atoms with Gasteiger partial charge in [-0.2, -0.15) is 4.31 Å². The first-order chi connectivity index (χ1) is 11.4. The summed E-state index contributed by atoms with van der Waals surface area (Å²) in [6.07, 6.45) is 1.30. The summed E-state index contributed by atoms with van der Waals surface area (Å²) in [6, 6.07) is 4.82. The van der Waals surface area contributed by atoms with E-state index >= 15 is 0 Å². The Kier molecular flexibility index (Phi) is 4.94. The topological polar surface area (TPSA) is 66.9 Å². The predicted molar refractivity (Wildman–Crippen MR) is 90.2 cm³/mol. The van der Waals surface area contributed by atoms with Crippen molar-refractivity contribution in [2.24, 2.45) is 0 Å². The lowest BCUT2D eigenvalue weighted by molar-refractivity contribution is -0.138. The molecule has 2 aliphatic heterocycles. The lowest BCUT2D eigenvalue weighted by Crippen LogP contribution is -2.51. The van der Waals surface area contributed by atoms with Crippen molar-refractivity contribution in [1.82, 2.24) is 9.21 Å². The molecule has 0 radical (unpaired) electrons. The smallest absolute Gasteiger partial charge is 0.244 e. The maximum absolute atomic E-state index is 13.1. The van der Waals surface area contributed by atoms with E-state index in [2.05, 4.69) is 0 Å². The van der Waals surface area contributed by atoms with E-state index < -0.39 is 16.1 Å². The number of hydrogen-bond donors (Lipinski definition) is 0. The van der Waals surface area contributed by atoms with Gasteiger partial charge in [0.2, 0.25) is 15.9 Å². The number of nitrogens with zero attached hydrogens (tertiary/aromatic N) is 2. The minimum absolute atomic E-state index is 0.0929. The molecule has 2 fully saturated rings. The van der Waals surface area contributed by atoms with Gasteiger partial charge >= 0.3 is 0 Å². The first-order valence-corrected chi connectivity index (χ1v) is 9.81. The van der Waals surface area contributed by atoms with E-state index in [4.69, 9.17) is 4.74 Å². The zero-order valence-corrected chi connectivity index (χ0v) is 15.0. The van der Waals surface area contributed by atoms with Gasteiger partial charge in [0.25, 0.3) is 0 Å². The highest BCUT2D eigenvalue weighted by atomic mass is 32.2. The van der Waals surface area contributed by atoms with Gasteiger partial charge in [-0.15, -0.1) is 0 Å². The Bertz CT molecular complexity index is 726. The number of benzene rings is 1. The fraction of sp³-hybridized carbons (Fsp3) is 0.588. The molecule has 132 valence electrons. The molecule has 0 aromatic heterocycles. The number of morpholine rings is 1. The molecule has 2 heterocycles. The van der Waals surface area contributed by atoms with Crippen LogP contribution in [0.1, 0.15) is 24.0 Å². The standard InChI is InChI=1S/C17H24N2O4S/c1-13-5-6-14(2)16(12-13)24(21,22)19-7-3-4-15(19)17(20)18-8-10-23-11-9-18/h5-6,12,15H,3-4,7-11H2,1-2H3/t15-/m0/s1. The minimum Gasteiger partial charge on any atom is -0.378 e. The maximum atomic E-state index is 13.1. The Morgan fingerprint density at radius 3 is 2.58 bits per heavy atom. The zero-order valence-electron chi connectivity index (χ0n) is 14.2. The molecule has 6 nitrogen and oxygen atoms in total. The van der Waals surface area contributed by atoms with E-state index in [9.17, 15) is 13.2 Å². The molecule has 0 spiro atoms. The zero-order chi connectivity index (χ0) is 17.3. The van der Waals surface area contributed by atoms with Crippen LogP contribution in [0.3, 0.4) is 0 Å². The van der Waals surface area contributed by atoms with Gasteiger partial charge in [0.05, 0.1) is 18.1 Å². The molecular weight excluding hydrogens is 328 g/mol. The molecule has 2 aliphatic rings. The first kappa shape index (κ1) is 17.4. The second kappa shape index (κ2) is 6.82. The van der Waals surface area contributed by atoms with E-state index in [1.54, 1.807) is 17.9 Å². The molecule has 0 aliphatic carbocycles. The molecule has 1 aromatic carbocycles. The molecule has 1 amide bonds. The average molecular weight is 352 g/mol. The number of carbonyl (C=O) groups is 1. The Morgan fingerprint density at radius 1 is 1.17 bits per heavy atom. The summed E-state index contributed by atoms with van der Waals surface area (Å²) in [5.41, 5.74) is 1.61. The number of carbonyl (C=O) groups excluding carboxylic acids is 1. The molecule has 0 saturated carbocycles. The summed E-state index contributed by atoms with van der Waals surface area (Å²) in [6.45, 7) is 6.17. The van der Waals surface area contributed by atoms with Crippen molar-refractivity contribution in [2.45, 2.75) is 37.6 Å². The third kappa shape index (κ3) is 3.20. The Balaban J connectivity index is 1.89. The van der Waals surface area contributed by atoms with Crippen LogP contribution in [0, 0.1) is 13.8 Å². The van der Waals surface area contributed by atoms with Crippen molar-refractivity contribution in [2.75, 3.05) is 32.8 Å². The Labute approximate surface area is 143 Å². The average Bonchev–Trinajstić information content (AvgIpc) is 3.07. The quantitative estimate of drug-likeness (QED) is 0.823. The number of amides is 1.